The molecule has 0 radical (unpaired) electrons. The van der Waals surface area contributed by atoms with Crippen molar-refractivity contribution >= 4 is 17.3 Å². The van der Waals surface area contributed by atoms with E-state index >= 15 is 0 Å². The van der Waals surface area contributed by atoms with Crippen molar-refractivity contribution in [1.29, 1.82) is 0 Å². The Balaban J connectivity index is 1.59. The minimum absolute atomic E-state index is 0.145. The van der Waals surface area contributed by atoms with E-state index in [-0.39, 0.29) is 5.91 Å². The fourth-order valence-corrected chi connectivity index (χ4v) is 3.10. The first-order chi connectivity index (χ1) is 12.6. The summed E-state index contributed by atoms with van der Waals surface area (Å²) in [7, 11) is 1.56. The summed E-state index contributed by atoms with van der Waals surface area (Å²) < 4.78 is 5.02. The predicted octanol–water partition coefficient (Wildman–Crippen LogP) is 2.87. The minimum Gasteiger partial charge on any atom is -0.481 e. The van der Waals surface area contributed by atoms with Crippen molar-refractivity contribution in [3.8, 4) is 5.88 Å². The highest BCUT2D eigenvalue weighted by Gasteiger charge is 2.19. The number of carbonyl (C=O) groups is 1. The number of hydrogen-bond acceptors (Lipinski definition) is 5. The van der Waals surface area contributed by atoms with Crippen molar-refractivity contribution in [2.75, 3.05) is 43.5 Å². The fourth-order valence-electron chi connectivity index (χ4n) is 3.10. The zero-order chi connectivity index (χ0) is 18.5. The van der Waals surface area contributed by atoms with Gasteiger partial charge in [-0.15, -0.1) is 0 Å². The van der Waals surface area contributed by atoms with Crippen LogP contribution in [0.3, 0.4) is 0 Å². The lowest BCUT2D eigenvalue weighted by atomic mass is 10.1. The Morgan fingerprint density at radius 2 is 1.77 bits per heavy atom. The third-order valence-corrected chi connectivity index (χ3v) is 4.74. The van der Waals surface area contributed by atoms with E-state index in [9.17, 15) is 4.79 Å². The maximum Gasteiger partial charge on any atom is 0.255 e. The van der Waals surface area contributed by atoms with Crippen LogP contribution in [-0.2, 0) is 0 Å². The molecule has 1 aromatic carbocycles. The van der Waals surface area contributed by atoms with Crippen LogP contribution in [-0.4, -0.2) is 55.1 Å². The van der Waals surface area contributed by atoms with Crippen molar-refractivity contribution in [3.05, 3.63) is 48.2 Å². The van der Waals surface area contributed by atoms with Gasteiger partial charge >= 0.3 is 0 Å². The van der Waals surface area contributed by atoms with Gasteiger partial charge in [-0.2, -0.15) is 0 Å². The number of aromatic nitrogens is 1. The number of ether oxygens (including phenoxy) is 1. The Bertz CT molecular complexity index is 720. The molecule has 1 aliphatic rings. The number of amides is 1. The normalized spacial score (nSPS) is 15.2. The second-order valence-corrected chi connectivity index (χ2v) is 6.71. The summed E-state index contributed by atoms with van der Waals surface area (Å²) in [6.07, 6.45) is 1.58. The van der Waals surface area contributed by atoms with Crippen LogP contribution < -0.4 is 15.0 Å². The van der Waals surface area contributed by atoms with Crippen molar-refractivity contribution in [1.82, 2.24) is 9.88 Å². The van der Waals surface area contributed by atoms with Gasteiger partial charge in [0.25, 0.3) is 5.91 Å². The van der Waals surface area contributed by atoms with E-state index < -0.39 is 0 Å². The van der Waals surface area contributed by atoms with E-state index in [2.05, 4.69) is 33.9 Å². The molecule has 2 heterocycles. The molecule has 0 saturated carbocycles. The second kappa shape index (κ2) is 8.19. The summed E-state index contributed by atoms with van der Waals surface area (Å²) in [6.45, 7) is 8.65. The molecule has 0 aliphatic carbocycles. The third kappa shape index (κ3) is 4.32. The number of nitrogens with one attached hydrogen (secondary N) is 1. The van der Waals surface area contributed by atoms with E-state index in [0.717, 1.165) is 31.9 Å². The van der Waals surface area contributed by atoms with Crippen LogP contribution >= 0.6 is 0 Å². The van der Waals surface area contributed by atoms with Gasteiger partial charge in [0.15, 0.2) is 0 Å². The molecule has 0 atom stereocenters. The molecule has 0 spiro atoms. The number of methoxy groups -OCH3 is 1. The highest BCUT2D eigenvalue weighted by atomic mass is 16.5. The van der Waals surface area contributed by atoms with Gasteiger partial charge in [0.1, 0.15) is 0 Å². The number of piperazine rings is 1. The van der Waals surface area contributed by atoms with Gasteiger partial charge in [0.2, 0.25) is 5.88 Å². The Morgan fingerprint density at radius 3 is 2.31 bits per heavy atom. The molecular formula is C20H26N4O2. The zero-order valence-electron chi connectivity index (χ0n) is 15.6. The second-order valence-electron chi connectivity index (χ2n) is 6.71. The van der Waals surface area contributed by atoms with Crippen LogP contribution in [0, 0.1) is 0 Å². The van der Waals surface area contributed by atoms with Gasteiger partial charge < -0.3 is 15.0 Å². The molecule has 0 unspecified atom stereocenters. The molecule has 138 valence electrons. The highest BCUT2D eigenvalue weighted by Crippen LogP contribution is 2.19. The quantitative estimate of drug-likeness (QED) is 0.895. The summed E-state index contributed by atoms with van der Waals surface area (Å²) in [4.78, 5) is 21.3. The molecule has 26 heavy (non-hydrogen) atoms. The molecule has 6 heteroatoms. The van der Waals surface area contributed by atoms with Crippen LogP contribution in [0.25, 0.3) is 0 Å². The van der Waals surface area contributed by atoms with Gasteiger partial charge in [-0.3, -0.25) is 9.69 Å². The molecule has 3 rings (SSSR count). The van der Waals surface area contributed by atoms with E-state index in [0.29, 0.717) is 23.2 Å². The molecule has 1 N–H and O–H groups in total. The number of rotatable bonds is 5. The number of hydrogen-bond donors (Lipinski definition) is 1. The number of anilines is 2. The van der Waals surface area contributed by atoms with Gasteiger partial charge in [-0.05, 0) is 44.2 Å². The molecule has 0 bridgehead atoms. The molecule has 1 amide bonds. The maximum absolute atomic E-state index is 12.4. The zero-order valence-corrected chi connectivity index (χ0v) is 15.6. The summed E-state index contributed by atoms with van der Waals surface area (Å²) in [5.41, 5.74) is 2.44. The fraction of sp³-hybridized carbons (Fsp3) is 0.400. The molecular weight excluding hydrogens is 328 g/mol. The van der Waals surface area contributed by atoms with Crippen LogP contribution in [0.1, 0.15) is 24.2 Å². The van der Waals surface area contributed by atoms with Crippen LogP contribution in [0.5, 0.6) is 5.88 Å². The molecule has 1 aliphatic heterocycles. The number of carbonyl (C=O) groups excluding carboxylic acids is 1. The maximum atomic E-state index is 12.4. The van der Waals surface area contributed by atoms with Gasteiger partial charge in [-0.25, -0.2) is 4.98 Å². The van der Waals surface area contributed by atoms with Crippen LogP contribution in [0.15, 0.2) is 42.6 Å². The third-order valence-electron chi connectivity index (χ3n) is 4.74. The van der Waals surface area contributed by atoms with Gasteiger partial charge in [0.05, 0.1) is 19.0 Å². The molecule has 1 saturated heterocycles. The summed E-state index contributed by atoms with van der Waals surface area (Å²) in [6, 6.07) is 11.9. The Labute approximate surface area is 154 Å². The first-order valence-corrected chi connectivity index (χ1v) is 8.97. The van der Waals surface area contributed by atoms with E-state index in [4.69, 9.17) is 4.74 Å². The minimum atomic E-state index is -0.145. The van der Waals surface area contributed by atoms with E-state index in [1.165, 1.54) is 0 Å². The standard InChI is InChI=1S/C20H26N4O2/c1-15(2)23-10-12-24(13-11-23)18-7-4-16(5-8-18)20(25)22-17-6-9-19(26-3)21-14-17/h4-9,14-15H,10-13H2,1-3H3,(H,22,25). The van der Waals surface area contributed by atoms with E-state index in [1.807, 2.05) is 24.3 Å². The average molecular weight is 354 g/mol. The van der Waals surface area contributed by atoms with E-state index in [1.54, 1.807) is 25.4 Å². The van der Waals surface area contributed by atoms with Gasteiger partial charge in [-0.1, -0.05) is 0 Å². The molecule has 6 nitrogen and oxygen atoms in total. The largest absolute Gasteiger partial charge is 0.481 e. The monoisotopic (exact) mass is 354 g/mol. The molecule has 2 aromatic rings. The topological polar surface area (TPSA) is 57.7 Å². The number of benzene rings is 1. The smallest absolute Gasteiger partial charge is 0.255 e. The van der Waals surface area contributed by atoms with Crippen LogP contribution in [0.2, 0.25) is 0 Å². The summed E-state index contributed by atoms with van der Waals surface area (Å²) in [5, 5.41) is 2.85. The average Bonchev–Trinajstić information content (AvgIpc) is 2.69. The predicted molar refractivity (Wildman–Crippen MR) is 104 cm³/mol. The lowest BCUT2D eigenvalue weighted by molar-refractivity contribution is 0.102. The van der Waals surface area contributed by atoms with Gasteiger partial charge in [0, 0.05) is 49.5 Å². The van der Waals surface area contributed by atoms with Crippen molar-refractivity contribution < 1.29 is 9.53 Å². The first kappa shape index (κ1) is 18.2. The lowest BCUT2D eigenvalue weighted by Gasteiger charge is -2.38. The van der Waals surface area contributed by atoms with Crippen molar-refractivity contribution in [2.24, 2.45) is 0 Å². The van der Waals surface area contributed by atoms with Crippen molar-refractivity contribution in [2.45, 2.75) is 19.9 Å². The first-order valence-electron chi connectivity index (χ1n) is 8.97. The Hall–Kier alpha value is -2.60. The summed E-state index contributed by atoms with van der Waals surface area (Å²) >= 11 is 0. The number of pyridine rings is 1. The Morgan fingerprint density at radius 1 is 1.08 bits per heavy atom. The Kier molecular flexibility index (Phi) is 5.73. The number of nitrogens with zero attached hydrogens (tertiary/aromatic N) is 3. The SMILES string of the molecule is COc1ccc(NC(=O)c2ccc(N3CCN(C(C)C)CC3)cc2)cn1. The summed E-state index contributed by atoms with van der Waals surface area (Å²) in [5.74, 6) is 0.373. The lowest BCUT2D eigenvalue weighted by Crippen LogP contribution is -2.48. The van der Waals surface area contributed by atoms with Crippen LogP contribution in [0.4, 0.5) is 11.4 Å². The van der Waals surface area contributed by atoms with Crippen molar-refractivity contribution in [3.63, 3.8) is 0 Å². The molecule has 1 aromatic heterocycles. The molecule has 1 fully saturated rings. The highest BCUT2D eigenvalue weighted by molar-refractivity contribution is 6.04.